The molecule has 1 aromatic carbocycles. The molecule has 48 valence electrons. The predicted molar refractivity (Wildman–Crippen MR) is 41.5 cm³/mol. The van der Waals surface area contributed by atoms with Crippen molar-refractivity contribution in [3.63, 3.8) is 0 Å². The van der Waals surface area contributed by atoms with E-state index in [1.165, 1.54) is 5.56 Å². The molecule has 1 unspecified atom stereocenters. The molecule has 0 bridgehead atoms. The smallest absolute Gasteiger partial charge is 0.115 e. The van der Waals surface area contributed by atoms with E-state index in [4.69, 9.17) is 5.11 Å². The van der Waals surface area contributed by atoms with Gasteiger partial charge in [-0.25, -0.2) is 0 Å². The average Bonchev–Trinajstić information content (AvgIpc) is 1.90. The molecule has 0 aliphatic heterocycles. The van der Waals surface area contributed by atoms with Crippen LogP contribution in [0.15, 0.2) is 24.3 Å². The predicted octanol–water partition coefficient (Wildman–Crippen LogP) is 1.77. The second-order valence-electron chi connectivity index (χ2n) is 1.87. The van der Waals surface area contributed by atoms with Gasteiger partial charge in [-0.1, -0.05) is 12.1 Å². The van der Waals surface area contributed by atoms with Crippen LogP contribution in [-0.2, 0) is 6.16 Å². The first-order valence-corrected chi connectivity index (χ1v) is 3.62. The SMILES string of the molecule is Oc1ccc(CP)cc1. The summed E-state index contributed by atoms with van der Waals surface area (Å²) >= 11 is 0. The number of aromatic hydroxyl groups is 1. The van der Waals surface area contributed by atoms with E-state index in [1.54, 1.807) is 12.1 Å². The van der Waals surface area contributed by atoms with E-state index in [-0.39, 0.29) is 0 Å². The summed E-state index contributed by atoms with van der Waals surface area (Å²) in [6.07, 6.45) is 0.945. The third-order valence-corrected chi connectivity index (χ3v) is 1.64. The van der Waals surface area contributed by atoms with Gasteiger partial charge < -0.3 is 5.11 Å². The molecular weight excluding hydrogens is 131 g/mol. The van der Waals surface area contributed by atoms with Crippen molar-refractivity contribution < 1.29 is 5.11 Å². The summed E-state index contributed by atoms with van der Waals surface area (Å²) in [5.74, 6) is 0.331. The van der Waals surface area contributed by atoms with Gasteiger partial charge in [0, 0.05) is 0 Å². The Morgan fingerprint density at radius 2 is 1.78 bits per heavy atom. The van der Waals surface area contributed by atoms with Gasteiger partial charge in [-0.2, -0.15) is 0 Å². The van der Waals surface area contributed by atoms with E-state index >= 15 is 0 Å². The van der Waals surface area contributed by atoms with Gasteiger partial charge in [-0.15, -0.1) is 9.24 Å². The molecule has 9 heavy (non-hydrogen) atoms. The average molecular weight is 140 g/mol. The first-order valence-electron chi connectivity index (χ1n) is 2.81. The van der Waals surface area contributed by atoms with Crippen LogP contribution in [0.2, 0.25) is 0 Å². The van der Waals surface area contributed by atoms with E-state index < -0.39 is 0 Å². The minimum absolute atomic E-state index is 0.331. The lowest BCUT2D eigenvalue weighted by Gasteiger charge is -1.93. The first kappa shape index (κ1) is 6.57. The van der Waals surface area contributed by atoms with Crippen LogP contribution in [0, 0.1) is 0 Å². The number of hydrogen-bond donors (Lipinski definition) is 1. The highest BCUT2D eigenvalue weighted by Crippen LogP contribution is 2.11. The van der Waals surface area contributed by atoms with Crippen LogP contribution in [0.5, 0.6) is 5.75 Å². The van der Waals surface area contributed by atoms with Crippen LogP contribution < -0.4 is 0 Å². The summed E-state index contributed by atoms with van der Waals surface area (Å²) in [6.45, 7) is 0. The van der Waals surface area contributed by atoms with Crippen LogP contribution >= 0.6 is 9.24 Å². The molecule has 2 heteroatoms. The van der Waals surface area contributed by atoms with Gasteiger partial charge >= 0.3 is 0 Å². The second-order valence-corrected chi connectivity index (χ2v) is 2.28. The van der Waals surface area contributed by atoms with E-state index in [2.05, 4.69) is 9.24 Å². The summed E-state index contributed by atoms with van der Waals surface area (Å²) in [4.78, 5) is 0. The van der Waals surface area contributed by atoms with Crippen LogP contribution in [0.4, 0.5) is 0 Å². The molecule has 1 rings (SSSR count). The highest BCUT2D eigenvalue weighted by molar-refractivity contribution is 7.15. The van der Waals surface area contributed by atoms with E-state index in [1.807, 2.05) is 12.1 Å². The van der Waals surface area contributed by atoms with Crippen molar-refractivity contribution in [2.45, 2.75) is 6.16 Å². The molecule has 1 aromatic rings. The highest BCUT2D eigenvalue weighted by atomic mass is 31.0. The van der Waals surface area contributed by atoms with Gasteiger partial charge in [0.2, 0.25) is 0 Å². The van der Waals surface area contributed by atoms with Crippen LogP contribution in [0.3, 0.4) is 0 Å². The maximum atomic E-state index is 8.85. The number of hydrogen-bond acceptors (Lipinski definition) is 1. The zero-order valence-electron chi connectivity index (χ0n) is 5.04. The molecule has 1 N–H and O–H groups in total. The zero-order valence-corrected chi connectivity index (χ0v) is 6.20. The maximum Gasteiger partial charge on any atom is 0.115 e. The normalized spacial score (nSPS) is 9.44. The van der Waals surface area contributed by atoms with Gasteiger partial charge in [0.05, 0.1) is 0 Å². The molecule has 0 saturated carbocycles. The zero-order chi connectivity index (χ0) is 6.69. The third-order valence-electron chi connectivity index (χ3n) is 1.17. The standard InChI is InChI=1S/C7H9OP/c8-7-3-1-6(5-9)2-4-7/h1-4,8H,5,9H2. The van der Waals surface area contributed by atoms with Crippen molar-refractivity contribution in [2.24, 2.45) is 0 Å². The summed E-state index contributed by atoms with van der Waals surface area (Å²) < 4.78 is 0. The Kier molecular flexibility index (Phi) is 2.07. The van der Waals surface area contributed by atoms with Crippen molar-refractivity contribution in [1.82, 2.24) is 0 Å². The van der Waals surface area contributed by atoms with Crippen LogP contribution in [0.1, 0.15) is 5.56 Å². The second kappa shape index (κ2) is 2.84. The largest absolute Gasteiger partial charge is 0.508 e. The maximum absolute atomic E-state index is 8.85. The lowest BCUT2D eigenvalue weighted by Crippen LogP contribution is -1.72. The minimum atomic E-state index is 0.331. The first-order chi connectivity index (χ1) is 4.33. The van der Waals surface area contributed by atoms with E-state index in [0.29, 0.717) is 5.75 Å². The molecular formula is C7H9OP. The Hall–Kier alpha value is -0.550. The molecule has 0 spiro atoms. The van der Waals surface area contributed by atoms with Gasteiger partial charge in [0.15, 0.2) is 0 Å². The number of phenols is 1. The fourth-order valence-electron chi connectivity index (χ4n) is 0.632. The Morgan fingerprint density at radius 3 is 2.22 bits per heavy atom. The van der Waals surface area contributed by atoms with E-state index in [0.717, 1.165) is 6.16 Å². The Labute approximate surface area is 56.9 Å². The molecule has 0 fully saturated rings. The summed E-state index contributed by atoms with van der Waals surface area (Å²) in [5, 5.41) is 8.85. The summed E-state index contributed by atoms with van der Waals surface area (Å²) in [5.41, 5.74) is 1.22. The van der Waals surface area contributed by atoms with Crippen molar-refractivity contribution in [2.75, 3.05) is 0 Å². The van der Waals surface area contributed by atoms with Gasteiger partial charge in [0.25, 0.3) is 0 Å². The van der Waals surface area contributed by atoms with Crippen molar-refractivity contribution in [1.29, 1.82) is 0 Å². The summed E-state index contributed by atoms with van der Waals surface area (Å²) in [6, 6.07) is 7.20. The fourth-order valence-corrected chi connectivity index (χ4v) is 0.904. The van der Waals surface area contributed by atoms with Crippen molar-refractivity contribution in [3.8, 4) is 5.75 Å². The molecule has 0 radical (unpaired) electrons. The Bertz CT molecular complexity index is 181. The minimum Gasteiger partial charge on any atom is -0.508 e. The number of rotatable bonds is 1. The Morgan fingerprint density at radius 1 is 1.22 bits per heavy atom. The van der Waals surface area contributed by atoms with Crippen LogP contribution in [-0.4, -0.2) is 5.11 Å². The molecule has 0 aliphatic carbocycles. The number of benzene rings is 1. The highest BCUT2D eigenvalue weighted by Gasteiger charge is 1.86. The quantitative estimate of drug-likeness (QED) is 0.589. The Balaban J connectivity index is 2.88. The molecule has 1 nitrogen and oxygen atoms in total. The molecule has 0 amide bonds. The van der Waals surface area contributed by atoms with Crippen molar-refractivity contribution in [3.05, 3.63) is 29.8 Å². The van der Waals surface area contributed by atoms with Gasteiger partial charge in [-0.05, 0) is 23.9 Å². The van der Waals surface area contributed by atoms with E-state index in [9.17, 15) is 0 Å². The van der Waals surface area contributed by atoms with Gasteiger partial charge in [-0.3, -0.25) is 0 Å². The van der Waals surface area contributed by atoms with Gasteiger partial charge in [0.1, 0.15) is 5.75 Å². The molecule has 1 atom stereocenters. The fraction of sp³-hybridized carbons (Fsp3) is 0.143. The molecule has 0 heterocycles. The number of phenolic OH excluding ortho intramolecular Hbond substituents is 1. The lowest BCUT2D eigenvalue weighted by atomic mass is 10.2. The van der Waals surface area contributed by atoms with Crippen LogP contribution in [0.25, 0.3) is 0 Å². The molecule has 0 aromatic heterocycles. The molecule has 0 saturated heterocycles. The topological polar surface area (TPSA) is 20.2 Å². The molecule has 0 aliphatic rings. The van der Waals surface area contributed by atoms with Crippen molar-refractivity contribution >= 4 is 9.24 Å². The summed E-state index contributed by atoms with van der Waals surface area (Å²) in [7, 11) is 2.63. The monoisotopic (exact) mass is 140 g/mol. The lowest BCUT2D eigenvalue weighted by molar-refractivity contribution is 0.475. The third kappa shape index (κ3) is 1.69.